The van der Waals surface area contributed by atoms with Crippen LogP contribution < -0.4 is 4.90 Å². The maximum Gasteiger partial charge on any atom is 0.0409 e. The Morgan fingerprint density at radius 2 is 1.85 bits per heavy atom. The smallest absolute Gasteiger partial charge is 0.0409 e. The first-order chi connectivity index (χ1) is 6.05. The van der Waals surface area contributed by atoms with Crippen molar-refractivity contribution >= 4 is 5.69 Å². The predicted octanol–water partition coefficient (Wildman–Crippen LogP) is 3.02. The normalized spacial score (nSPS) is 24.6. The van der Waals surface area contributed by atoms with Crippen molar-refractivity contribution in [2.45, 2.75) is 32.2 Å². The summed E-state index contributed by atoms with van der Waals surface area (Å²) in [4.78, 5) is 2.38. The molecule has 0 aliphatic carbocycles. The molecule has 0 saturated heterocycles. The molecule has 1 aromatic rings. The lowest BCUT2D eigenvalue weighted by molar-refractivity contribution is 0.444. The van der Waals surface area contributed by atoms with E-state index in [1.54, 1.807) is 0 Å². The van der Waals surface area contributed by atoms with E-state index in [1.807, 2.05) is 0 Å². The summed E-state index contributed by atoms with van der Waals surface area (Å²) in [6.45, 7) is 6.91. The zero-order valence-corrected chi connectivity index (χ0v) is 8.83. The van der Waals surface area contributed by atoms with E-state index >= 15 is 0 Å². The SMILES string of the molecule is CC1c2ccccc2N(C)C1(C)C. The molecule has 13 heavy (non-hydrogen) atoms. The van der Waals surface area contributed by atoms with Gasteiger partial charge in [0, 0.05) is 24.2 Å². The molecule has 1 heteroatoms. The third kappa shape index (κ3) is 0.995. The van der Waals surface area contributed by atoms with Crippen LogP contribution in [0.15, 0.2) is 24.3 Å². The molecular formula is C12H17N. The second kappa shape index (κ2) is 2.50. The van der Waals surface area contributed by atoms with Gasteiger partial charge in [-0.1, -0.05) is 25.1 Å². The minimum atomic E-state index is 0.254. The molecule has 1 aliphatic rings. The third-order valence-corrected chi connectivity index (χ3v) is 3.69. The van der Waals surface area contributed by atoms with Gasteiger partial charge in [0.15, 0.2) is 0 Å². The lowest BCUT2D eigenvalue weighted by Crippen LogP contribution is -2.39. The average molecular weight is 175 g/mol. The van der Waals surface area contributed by atoms with Gasteiger partial charge in [-0.15, -0.1) is 0 Å². The molecular weight excluding hydrogens is 158 g/mol. The Morgan fingerprint density at radius 1 is 1.23 bits per heavy atom. The molecule has 1 heterocycles. The number of anilines is 1. The van der Waals surface area contributed by atoms with Gasteiger partial charge >= 0.3 is 0 Å². The Labute approximate surface area is 80.4 Å². The van der Waals surface area contributed by atoms with Crippen molar-refractivity contribution in [2.24, 2.45) is 0 Å². The molecule has 2 rings (SSSR count). The summed E-state index contributed by atoms with van der Waals surface area (Å²) in [6, 6.07) is 8.69. The zero-order chi connectivity index (χ0) is 9.64. The molecule has 70 valence electrons. The zero-order valence-electron chi connectivity index (χ0n) is 8.83. The standard InChI is InChI=1S/C12H17N/c1-9-10-7-5-6-8-11(10)13(4)12(9,2)3/h5-9H,1-4H3. The van der Waals surface area contributed by atoms with Crippen LogP contribution in [0.1, 0.15) is 32.3 Å². The molecule has 0 radical (unpaired) electrons. The van der Waals surface area contributed by atoms with Crippen molar-refractivity contribution in [2.75, 3.05) is 11.9 Å². The Morgan fingerprint density at radius 3 is 2.46 bits per heavy atom. The molecule has 1 aliphatic heterocycles. The molecule has 0 N–H and O–H groups in total. The molecule has 1 aromatic carbocycles. The summed E-state index contributed by atoms with van der Waals surface area (Å²) in [6.07, 6.45) is 0. The van der Waals surface area contributed by atoms with E-state index < -0.39 is 0 Å². The average Bonchev–Trinajstić information content (AvgIpc) is 2.30. The lowest BCUT2D eigenvalue weighted by Gasteiger charge is -2.33. The molecule has 0 amide bonds. The Kier molecular flexibility index (Phi) is 1.66. The van der Waals surface area contributed by atoms with E-state index in [0.717, 1.165) is 0 Å². The Balaban J connectivity index is 2.57. The Bertz CT molecular complexity index is 297. The fraction of sp³-hybridized carbons (Fsp3) is 0.500. The van der Waals surface area contributed by atoms with Gasteiger partial charge in [-0.05, 0) is 25.5 Å². The van der Waals surface area contributed by atoms with Gasteiger partial charge in [0.25, 0.3) is 0 Å². The van der Waals surface area contributed by atoms with Gasteiger partial charge in [0.05, 0.1) is 0 Å². The fourth-order valence-electron chi connectivity index (χ4n) is 2.14. The molecule has 1 unspecified atom stereocenters. The van der Waals surface area contributed by atoms with Crippen LogP contribution >= 0.6 is 0 Å². The quantitative estimate of drug-likeness (QED) is 0.586. The van der Waals surface area contributed by atoms with E-state index in [1.165, 1.54) is 11.3 Å². The van der Waals surface area contributed by atoms with Crippen molar-refractivity contribution < 1.29 is 0 Å². The van der Waals surface area contributed by atoms with Crippen LogP contribution in [0.4, 0.5) is 5.69 Å². The monoisotopic (exact) mass is 175 g/mol. The molecule has 0 spiro atoms. The van der Waals surface area contributed by atoms with E-state index in [-0.39, 0.29) is 5.54 Å². The third-order valence-electron chi connectivity index (χ3n) is 3.69. The van der Waals surface area contributed by atoms with Gasteiger partial charge < -0.3 is 4.90 Å². The number of fused-ring (bicyclic) bond motifs is 1. The number of hydrogen-bond donors (Lipinski definition) is 0. The number of rotatable bonds is 0. The second-order valence-corrected chi connectivity index (χ2v) is 4.49. The highest BCUT2D eigenvalue weighted by Crippen LogP contribution is 2.45. The second-order valence-electron chi connectivity index (χ2n) is 4.49. The topological polar surface area (TPSA) is 3.24 Å². The highest BCUT2D eigenvalue weighted by atomic mass is 15.2. The minimum Gasteiger partial charge on any atom is -0.369 e. The van der Waals surface area contributed by atoms with Gasteiger partial charge in [0.1, 0.15) is 0 Å². The summed E-state index contributed by atoms with van der Waals surface area (Å²) in [5.41, 5.74) is 3.12. The largest absolute Gasteiger partial charge is 0.369 e. The molecule has 1 atom stereocenters. The lowest BCUT2D eigenvalue weighted by atomic mass is 9.87. The van der Waals surface area contributed by atoms with E-state index in [4.69, 9.17) is 0 Å². The first-order valence-corrected chi connectivity index (χ1v) is 4.88. The molecule has 1 nitrogen and oxygen atoms in total. The summed E-state index contributed by atoms with van der Waals surface area (Å²) in [7, 11) is 2.18. The van der Waals surface area contributed by atoms with Crippen LogP contribution in [-0.2, 0) is 0 Å². The highest BCUT2D eigenvalue weighted by molar-refractivity contribution is 5.62. The maximum absolute atomic E-state index is 2.38. The van der Waals surface area contributed by atoms with Crippen LogP contribution in [0.25, 0.3) is 0 Å². The number of nitrogens with zero attached hydrogens (tertiary/aromatic N) is 1. The molecule has 0 fully saturated rings. The van der Waals surface area contributed by atoms with Crippen molar-refractivity contribution in [1.29, 1.82) is 0 Å². The highest BCUT2D eigenvalue weighted by Gasteiger charge is 2.39. The number of hydrogen-bond acceptors (Lipinski definition) is 1. The van der Waals surface area contributed by atoms with Crippen molar-refractivity contribution in [3.8, 4) is 0 Å². The van der Waals surface area contributed by atoms with Crippen LogP contribution in [-0.4, -0.2) is 12.6 Å². The number of para-hydroxylation sites is 1. The first kappa shape index (κ1) is 8.61. The summed E-state index contributed by atoms with van der Waals surface area (Å²) in [5.74, 6) is 0.619. The van der Waals surface area contributed by atoms with Gasteiger partial charge in [-0.2, -0.15) is 0 Å². The summed E-state index contributed by atoms with van der Waals surface area (Å²) in [5, 5.41) is 0. The first-order valence-electron chi connectivity index (χ1n) is 4.88. The van der Waals surface area contributed by atoms with Crippen molar-refractivity contribution in [1.82, 2.24) is 0 Å². The fourth-order valence-corrected chi connectivity index (χ4v) is 2.14. The molecule has 0 saturated carbocycles. The van der Waals surface area contributed by atoms with Crippen LogP contribution in [0.2, 0.25) is 0 Å². The predicted molar refractivity (Wildman–Crippen MR) is 57.3 cm³/mol. The minimum absolute atomic E-state index is 0.254. The van der Waals surface area contributed by atoms with E-state index in [2.05, 4.69) is 57.0 Å². The van der Waals surface area contributed by atoms with Crippen LogP contribution in [0, 0.1) is 0 Å². The van der Waals surface area contributed by atoms with Crippen molar-refractivity contribution in [3.05, 3.63) is 29.8 Å². The number of benzene rings is 1. The molecule has 0 aromatic heterocycles. The van der Waals surface area contributed by atoms with Gasteiger partial charge in [-0.25, -0.2) is 0 Å². The maximum atomic E-state index is 2.38. The van der Waals surface area contributed by atoms with Crippen molar-refractivity contribution in [3.63, 3.8) is 0 Å². The summed E-state index contributed by atoms with van der Waals surface area (Å²) < 4.78 is 0. The van der Waals surface area contributed by atoms with Crippen LogP contribution in [0.3, 0.4) is 0 Å². The van der Waals surface area contributed by atoms with E-state index in [9.17, 15) is 0 Å². The van der Waals surface area contributed by atoms with Gasteiger partial charge in [-0.3, -0.25) is 0 Å². The van der Waals surface area contributed by atoms with E-state index in [0.29, 0.717) is 5.92 Å². The van der Waals surface area contributed by atoms with Crippen LogP contribution in [0.5, 0.6) is 0 Å². The number of likely N-dealkylation sites (N-methyl/N-ethyl adjacent to an activating group) is 1. The van der Waals surface area contributed by atoms with Gasteiger partial charge in [0.2, 0.25) is 0 Å². The molecule has 0 bridgehead atoms. The summed E-state index contributed by atoms with van der Waals surface area (Å²) >= 11 is 0. The Hall–Kier alpha value is -0.980.